The molecular formula is C6H7BN4. The van der Waals surface area contributed by atoms with Crippen molar-refractivity contribution in [3.05, 3.63) is 18.5 Å². The Morgan fingerprint density at radius 2 is 2.36 bits per heavy atom. The quantitative estimate of drug-likeness (QED) is 0.463. The molecule has 0 radical (unpaired) electrons. The lowest BCUT2D eigenvalue weighted by molar-refractivity contribution is 0.944. The van der Waals surface area contributed by atoms with Crippen molar-refractivity contribution in [2.75, 3.05) is 5.73 Å². The lowest BCUT2D eigenvalue weighted by Crippen LogP contribution is -2.09. The Hall–Kier alpha value is -1.52. The van der Waals surface area contributed by atoms with Gasteiger partial charge in [0.05, 0.1) is 11.9 Å². The van der Waals surface area contributed by atoms with Gasteiger partial charge in [-0.3, -0.25) is 0 Å². The molecule has 0 bridgehead atoms. The molecule has 4 nitrogen and oxygen atoms in total. The molecule has 11 heavy (non-hydrogen) atoms. The highest BCUT2D eigenvalue weighted by molar-refractivity contribution is 6.30. The van der Waals surface area contributed by atoms with Crippen LogP contribution in [0, 0.1) is 0 Å². The van der Waals surface area contributed by atoms with E-state index in [0.29, 0.717) is 5.69 Å². The van der Waals surface area contributed by atoms with Crippen LogP contribution in [0.3, 0.4) is 0 Å². The van der Waals surface area contributed by atoms with Gasteiger partial charge in [0.1, 0.15) is 0 Å². The summed E-state index contributed by atoms with van der Waals surface area (Å²) in [6.07, 6.45) is 3.44. The Labute approximate surface area is 64.4 Å². The van der Waals surface area contributed by atoms with Crippen molar-refractivity contribution in [3.63, 3.8) is 0 Å². The maximum atomic E-state index is 5.60. The highest BCUT2D eigenvalue weighted by Gasteiger charge is 1.99. The van der Waals surface area contributed by atoms with Crippen LogP contribution in [0.1, 0.15) is 0 Å². The average Bonchev–Trinajstić information content (AvgIpc) is 2.33. The van der Waals surface area contributed by atoms with Gasteiger partial charge in [-0.2, -0.15) is 5.10 Å². The molecule has 0 aliphatic rings. The van der Waals surface area contributed by atoms with E-state index < -0.39 is 0 Å². The number of fused-ring (bicyclic) bond motifs is 1. The summed E-state index contributed by atoms with van der Waals surface area (Å²) in [5.41, 5.74) is 7.89. The van der Waals surface area contributed by atoms with E-state index in [1.807, 2.05) is 20.1 Å². The van der Waals surface area contributed by atoms with Crippen molar-refractivity contribution in [2.45, 2.75) is 0 Å². The molecule has 2 heterocycles. The first-order valence-electron chi connectivity index (χ1n) is 3.34. The Bertz CT molecular complexity index is 394. The van der Waals surface area contributed by atoms with Gasteiger partial charge in [0, 0.05) is 6.20 Å². The molecule has 2 rings (SSSR count). The SMILES string of the molecule is Bc1ccn2ncc(N)c2n1. The number of aromatic nitrogens is 3. The van der Waals surface area contributed by atoms with E-state index in [-0.39, 0.29) is 0 Å². The summed E-state index contributed by atoms with van der Waals surface area (Å²) in [6, 6.07) is 1.89. The van der Waals surface area contributed by atoms with E-state index in [2.05, 4.69) is 10.1 Å². The zero-order chi connectivity index (χ0) is 7.84. The second kappa shape index (κ2) is 1.98. The molecule has 0 atom stereocenters. The van der Waals surface area contributed by atoms with Crippen LogP contribution in [0.4, 0.5) is 5.69 Å². The number of nitrogen functional groups attached to an aromatic ring is 1. The molecule has 0 spiro atoms. The van der Waals surface area contributed by atoms with Crippen molar-refractivity contribution in [1.29, 1.82) is 0 Å². The topological polar surface area (TPSA) is 56.2 Å². The highest BCUT2D eigenvalue weighted by Crippen LogP contribution is 2.05. The fourth-order valence-electron chi connectivity index (χ4n) is 0.977. The van der Waals surface area contributed by atoms with E-state index in [9.17, 15) is 0 Å². The number of hydrogen-bond donors (Lipinski definition) is 1. The molecule has 2 N–H and O–H groups in total. The summed E-state index contributed by atoms with van der Waals surface area (Å²) in [6.45, 7) is 0. The van der Waals surface area contributed by atoms with Crippen molar-refractivity contribution < 1.29 is 0 Å². The summed E-state index contributed by atoms with van der Waals surface area (Å²) in [5, 5.41) is 3.99. The Kier molecular flexibility index (Phi) is 1.12. The molecule has 0 aromatic carbocycles. The lowest BCUT2D eigenvalue weighted by Gasteiger charge is -1.93. The average molecular weight is 146 g/mol. The monoisotopic (exact) mass is 146 g/mol. The zero-order valence-corrected chi connectivity index (χ0v) is 6.15. The summed E-state index contributed by atoms with van der Waals surface area (Å²) in [5.74, 6) is 0. The molecular weight excluding hydrogens is 139 g/mol. The minimum atomic E-state index is 0.619. The zero-order valence-electron chi connectivity index (χ0n) is 6.15. The third-order valence-electron chi connectivity index (χ3n) is 1.54. The highest BCUT2D eigenvalue weighted by atomic mass is 15.2. The van der Waals surface area contributed by atoms with Crippen molar-refractivity contribution >= 4 is 24.8 Å². The largest absolute Gasteiger partial charge is 0.394 e. The van der Waals surface area contributed by atoms with Crippen LogP contribution in [0.25, 0.3) is 5.65 Å². The van der Waals surface area contributed by atoms with Gasteiger partial charge < -0.3 is 5.73 Å². The summed E-state index contributed by atoms with van der Waals surface area (Å²) in [4.78, 5) is 4.21. The molecule has 0 aliphatic carbocycles. The van der Waals surface area contributed by atoms with Crippen molar-refractivity contribution in [2.24, 2.45) is 0 Å². The van der Waals surface area contributed by atoms with Gasteiger partial charge in [0.2, 0.25) is 0 Å². The van der Waals surface area contributed by atoms with E-state index >= 15 is 0 Å². The smallest absolute Gasteiger partial charge is 0.177 e. The fraction of sp³-hybridized carbons (Fsp3) is 0. The Morgan fingerprint density at radius 1 is 1.55 bits per heavy atom. The van der Waals surface area contributed by atoms with E-state index in [4.69, 9.17) is 5.73 Å². The summed E-state index contributed by atoms with van der Waals surface area (Å²) >= 11 is 0. The minimum Gasteiger partial charge on any atom is -0.394 e. The summed E-state index contributed by atoms with van der Waals surface area (Å²) in [7, 11) is 1.92. The van der Waals surface area contributed by atoms with Gasteiger partial charge in [-0.25, -0.2) is 9.50 Å². The van der Waals surface area contributed by atoms with Crippen LogP contribution >= 0.6 is 0 Å². The van der Waals surface area contributed by atoms with Crippen molar-refractivity contribution in [3.8, 4) is 0 Å². The molecule has 5 heteroatoms. The molecule has 2 aromatic heterocycles. The van der Waals surface area contributed by atoms with Crippen LogP contribution in [-0.4, -0.2) is 22.4 Å². The van der Waals surface area contributed by atoms with Crippen LogP contribution in [0.15, 0.2) is 18.5 Å². The van der Waals surface area contributed by atoms with Gasteiger partial charge in [-0.15, -0.1) is 0 Å². The molecule has 0 aliphatic heterocycles. The number of anilines is 1. The molecule has 0 amide bonds. The normalized spacial score (nSPS) is 10.5. The standard InChI is InChI=1S/C6H7BN4/c7-5-1-2-11-6(10-5)4(8)3-9-11/h1-3H,7-8H2. The van der Waals surface area contributed by atoms with Crippen molar-refractivity contribution in [1.82, 2.24) is 14.6 Å². The van der Waals surface area contributed by atoms with Crippen LogP contribution in [-0.2, 0) is 0 Å². The van der Waals surface area contributed by atoms with Gasteiger partial charge in [-0.05, 0) is 11.7 Å². The number of hydrogen-bond acceptors (Lipinski definition) is 3. The molecule has 0 unspecified atom stereocenters. The summed E-state index contributed by atoms with van der Waals surface area (Å²) < 4.78 is 1.66. The molecule has 0 saturated heterocycles. The first-order chi connectivity index (χ1) is 5.27. The maximum absolute atomic E-state index is 5.60. The van der Waals surface area contributed by atoms with Gasteiger partial charge in [0.25, 0.3) is 0 Å². The number of nitrogens with two attached hydrogens (primary N) is 1. The fourth-order valence-corrected chi connectivity index (χ4v) is 0.977. The van der Waals surface area contributed by atoms with Gasteiger partial charge in [0.15, 0.2) is 13.5 Å². The second-order valence-corrected chi connectivity index (χ2v) is 2.44. The van der Waals surface area contributed by atoms with E-state index in [1.54, 1.807) is 10.7 Å². The predicted molar refractivity (Wildman–Crippen MR) is 45.6 cm³/mol. The van der Waals surface area contributed by atoms with E-state index in [1.165, 1.54) is 0 Å². The molecule has 0 fully saturated rings. The first kappa shape index (κ1) is 6.21. The first-order valence-corrected chi connectivity index (χ1v) is 3.34. The van der Waals surface area contributed by atoms with Crippen LogP contribution < -0.4 is 11.3 Å². The predicted octanol–water partition coefficient (Wildman–Crippen LogP) is -1.43. The number of nitrogens with zero attached hydrogens (tertiary/aromatic N) is 3. The second-order valence-electron chi connectivity index (χ2n) is 2.44. The third-order valence-corrected chi connectivity index (χ3v) is 1.54. The van der Waals surface area contributed by atoms with Gasteiger partial charge >= 0.3 is 0 Å². The Balaban J connectivity index is 2.87. The maximum Gasteiger partial charge on any atom is 0.177 e. The van der Waals surface area contributed by atoms with Crippen LogP contribution in [0.2, 0.25) is 0 Å². The Morgan fingerprint density at radius 3 is 3.18 bits per heavy atom. The molecule has 0 saturated carbocycles. The van der Waals surface area contributed by atoms with Gasteiger partial charge in [-0.1, -0.05) is 0 Å². The van der Waals surface area contributed by atoms with Crippen LogP contribution in [0.5, 0.6) is 0 Å². The molecule has 2 aromatic rings. The molecule has 54 valence electrons. The lowest BCUT2D eigenvalue weighted by atomic mass is 10.1. The third kappa shape index (κ3) is 0.850. The minimum absolute atomic E-state index is 0.619. The van der Waals surface area contributed by atoms with E-state index in [0.717, 1.165) is 11.2 Å². The number of rotatable bonds is 0.